The molecule has 1 rings (SSSR count). The second kappa shape index (κ2) is 5.70. The molecule has 6 heteroatoms. The molecule has 0 amide bonds. The lowest BCUT2D eigenvalue weighted by Crippen LogP contribution is -2.09. The second-order valence-electron chi connectivity index (χ2n) is 2.23. The highest BCUT2D eigenvalue weighted by atomic mass is 35.5. The van der Waals surface area contributed by atoms with Crippen LogP contribution in [-0.2, 0) is 4.79 Å². The maximum atomic E-state index is 10.2. The molecular weight excluding hydrogens is 229 g/mol. The van der Waals surface area contributed by atoms with E-state index in [1.165, 1.54) is 0 Å². The average molecular weight is 238 g/mol. The minimum atomic E-state index is -1.06. The molecule has 0 aromatic heterocycles. The molecule has 1 aromatic carbocycles. The minimum absolute atomic E-state index is 0. The Hall–Kier alpha value is -0.970. The van der Waals surface area contributed by atoms with Crippen LogP contribution >= 0.6 is 23.2 Å². The molecule has 1 aromatic rings. The maximum Gasteiger partial charge on any atom is 0.341 e. The lowest BCUT2D eigenvalue weighted by Gasteiger charge is -2.05. The Morgan fingerprint density at radius 3 is 2.64 bits per heavy atom. The Balaban J connectivity index is 0.00000169. The molecule has 0 saturated heterocycles. The van der Waals surface area contributed by atoms with Gasteiger partial charge in [0.2, 0.25) is 0 Å². The van der Waals surface area contributed by atoms with Gasteiger partial charge in [-0.3, -0.25) is 0 Å². The highest BCUT2D eigenvalue weighted by molar-refractivity contribution is 6.42. The van der Waals surface area contributed by atoms with Crippen LogP contribution in [0, 0.1) is 0 Å². The van der Waals surface area contributed by atoms with Crippen LogP contribution < -0.4 is 10.9 Å². The summed E-state index contributed by atoms with van der Waals surface area (Å²) < 4.78 is 4.86. The van der Waals surface area contributed by atoms with Crippen LogP contribution in [0.5, 0.6) is 5.75 Å². The predicted molar refractivity (Wildman–Crippen MR) is 54.6 cm³/mol. The van der Waals surface area contributed by atoms with Gasteiger partial charge in [-0.1, -0.05) is 29.3 Å². The molecule has 0 aliphatic carbocycles. The molecular formula is C8H9Cl2NO3. The summed E-state index contributed by atoms with van der Waals surface area (Å²) in [4.78, 5) is 10.2. The number of hydrogen-bond acceptors (Lipinski definition) is 3. The highest BCUT2D eigenvalue weighted by Gasteiger charge is 2.06. The van der Waals surface area contributed by atoms with Gasteiger partial charge in [-0.15, -0.1) is 0 Å². The number of ether oxygens (including phenoxy) is 1. The van der Waals surface area contributed by atoms with Gasteiger partial charge in [0.1, 0.15) is 10.8 Å². The molecule has 78 valence electrons. The van der Waals surface area contributed by atoms with E-state index in [-0.39, 0.29) is 16.9 Å². The fraction of sp³-hybridized carbons (Fsp3) is 0.125. The van der Waals surface area contributed by atoms with Gasteiger partial charge < -0.3 is 16.0 Å². The van der Waals surface area contributed by atoms with Crippen LogP contribution in [0.2, 0.25) is 10.0 Å². The van der Waals surface area contributed by atoms with E-state index in [0.29, 0.717) is 5.02 Å². The summed E-state index contributed by atoms with van der Waals surface area (Å²) in [6.45, 7) is -0.430. The summed E-state index contributed by atoms with van der Waals surface area (Å²) in [5, 5.41) is 8.90. The third-order valence-electron chi connectivity index (χ3n) is 1.27. The van der Waals surface area contributed by atoms with E-state index in [9.17, 15) is 4.79 Å². The first-order valence-corrected chi connectivity index (χ1v) is 4.15. The van der Waals surface area contributed by atoms with E-state index in [1.807, 2.05) is 0 Å². The lowest BCUT2D eigenvalue weighted by atomic mass is 10.3. The third kappa shape index (κ3) is 3.41. The molecule has 14 heavy (non-hydrogen) atoms. The number of rotatable bonds is 3. The quantitative estimate of drug-likeness (QED) is 0.847. The Labute approximate surface area is 91.0 Å². The summed E-state index contributed by atoms with van der Waals surface area (Å²) in [7, 11) is 0. The van der Waals surface area contributed by atoms with Crippen molar-refractivity contribution >= 4 is 29.2 Å². The van der Waals surface area contributed by atoms with Gasteiger partial charge in [0, 0.05) is 0 Å². The van der Waals surface area contributed by atoms with Crippen molar-refractivity contribution in [2.75, 3.05) is 6.61 Å². The van der Waals surface area contributed by atoms with E-state index < -0.39 is 12.6 Å². The van der Waals surface area contributed by atoms with Crippen LogP contribution in [0.3, 0.4) is 0 Å². The van der Waals surface area contributed by atoms with Crippen molar-refractivity contribution in [3.63, 3.8) is 0 Å². The molecule has 4 N–H and O–H groups in total. The second-order valence-corrected chi connectivity index (χ2v) is 3.02. The molecule has 0 spiro atoms. The van der Waals surface area contributed by atoms with Crippen molar-refractivity contribution in [1.82, 2.24) is 6.15 Å². The first kappa shape index (κ1) is 13.0. The monoisotopic (exact) mass is 237 g/mol. The number of hydrogen-bond donors (Lipinski definition) is 2. The smallest absolute Gasteiger partial charge is 0.341 e. The zero-order chi connectivity index (χ0) is 9.84. The molecule has 0 saturated carbocycles. The van der Waals surface area contributed by atoms with Crippen molar-refractivity contribution in [3.8, 4) is 5.75 Å². The molecule has 0 atom stereocenters. The molecule has 0 fully saturated rings. The molecule has 0 bridgehead atoms. The van der Waals surface area contributed by atoms with E-state index in [0.717, 1.165) is 0 Å². The first-order valence-electron chi connectivity index (χ1n) is 3.40. The summed E-state index contributed by atoms with van der Waals surface area (Å²) in [5.41, 5.74) is 0. The van der Waals surface area contributed by atoms with E-state index in [2.05, 4.69) is 0 Å². The van der Waals surface area contributed by atoms with Crippen molar-refractivity contribution < 1.29 is 14.6 Å². The molecule has 0 heterocycles. The van der Waals surface area contributed by atoms with Gasteiger partial charge in [-0.25, -0.2) is 4.79 Å². The average Bonchev–Trinajstić information content (AvgIpc) is 2.07. The molecule has 0 aliphatic heterocycles. The van der Waals surface area contributed by atoms with E-state index >= 15 is 0 Å². The first-order chi connectivity index (χ1) is 6.11. The number of carbonyl (C=O) groups is 1. The van der Waals surface area contributed by atoms with Crippen LogP contribution in [0.25, 0.3) is 0 Å². The van der Waals surface area contributed by atoms with Crippen molar-refractivity contribution in [2.45, 2.75) is 0 Å². The van der Waals surface area contributed by atoms with Crippen molar-refractivity contribution in [2.24, 2.45) is 0 Å². The van der Waals surface area contributed by atoms with Crippen LogP contribution in [0.15, 0.2) is 18.2 Å². The number of carboxylic acids is 1. The fourth-order valence-electron chi connectivity index (χ4n) is 0.735. The molecule has 0 unspecified atom stereocenters. The zero-order valence-corrected chi connectivity index (χ0v) is 8.68. The van der Waals surface area contributed by atoms with Gasteiger partial charge in [0.25, 0.3) is 0 Å². The summed E-state index contributed by atoms with van der Waals surface area (Å²) in [6.07, 6.45) is 0. The Morgan fingerprint density at radius 2 is 2.07 bits per heavy atom. The largest absolute Gasteiger partial charge is 0.480 e. The Morgan fingerprint density at radius 1 is 1.43 bits per heavy atom. The Bertz CT molecular complexity index is 330. The molecule has 0 radical (unpaired) electrons. The van der Waals surface area contributed by atoms with E-state index in [1.54, 1.807) is 18.2 Å². The SMILES string of the molecule is N.O=C(O)COc1cccc(Cl)c1Cl. The summed E-state index contributed by atoms with van der Waals surface area (Å²) >= 11 is 11.4. The van der Waals surface area contributed by atoms with Gasteiger partial charge in [0.05, 0.1) is 5.02 Å². The van der Waals surface area contributed by atoms with Crippen molar-refractivity contribution in [1.29, 1.82) is 0 Å². The normalized spacial score (nSPS) is 9.00. The highest BCUT2D eigenvalue weighted by Crippen LogP contribution is 2.31. The molecule has 4 nitrogen and oxygen atoms in total. The van der Waals surface area contributed by atoms with Gasteiger partial charge in [0.15, 0.2) is 6.61 Å². The van der Waals surface area contributed by atoms with Crippen LogP contribution in [-0.4, -0.2) is 17.7 Å². The lowest BCUT2D eigenvalue weighted by molar-refractivity contribution is -0.139. The predicted octanol–water partition coefficient (Wildman–Crippen LogP) is 2.62. The number of aliphatic carboxylic acids is 1. The molecule has 0 aliphatic rings. The topological polar surface area (TPSA) is 81.5 Å². The van der Waals surface area contributed by atoms with Gasteiger partial charge in [-0.2, -0.15) is 0 Å². The zero-order valence-electron chi connectivity index (χ0n) is 7.17. The number of carboxylic acid groups (broad SMARTS) is 1. The van der Waals surface area contributed by atoms with Crippen molar-refractivity contribution in [3.05, 3.63) is 28.2 Å². The third-order valence-corrected chi connectivity index (χ3v) is 2.07. The standard InChI is InChI=1S/C8H6Cl2O3.H3N/c9-5-2-1-3-6(8(5)10)13-4-7(11)12;/h1-3H,4H2,(H,11,12);1H3. The van der Waals surface area contributed by atoms with Crippen LogP contribution in [0.4, 0.5) is 0 Å². The van der Waals surface area contributed by atoms with Gasteiger partial charge in [-0.05, 0) is 12.1 Å². The minimum Gasteiger partial charge on any atom is -0.480 e. The Kier molecular flexibility index (Phi) is 5.30. The number of benzene rings is 1. The van der Waals surface area contributed by atoms with Gasteiger partial charge >= 0.3 is 5.97 Å². The van der Waals surface area contributed by atoms with Crippen LogP contribution in [0.1, 0.15) is 0 Å². The maximum absolute atomic E-state index is 10.2. The fourth-order valence-corrected chi connectivity index (χ4v) is 1.08. The summed E-state index contributed by atoms with van der Waals surface area (Å²) in [6, 6.07) is 4.78. The van der Waals surface area contributed by atoms with E-state index in [4.69, 9.17) is 33.0 Å². The summed E-state index contributed by atoms with van der Waals surface area (Å²) in [5.74, 6) is -0.785. The number of halogens is 2.